The van der Waals surface area contributed by atoms with Gasteiger partial charge in [-0.15, -0.1) is 5.75 Å². The van der Waals surface area contributed by atoms with Gasteiger partial charge in [0.2, 0.25) is 0 Å². The highest BCUT2D eigenvalue weighted by Gasteiger charge is 1.78. The average Bonchev–Trinajstić information content (AvgIpc) is 1.90. The van der Waals surface area contributed by atoms with Gasteiger partial charge in [-0.1, -0.05) is 36.9 Å². The van der Waals surface area contributed by atoms with Crippen LogP contribution >= 0.6 is 0 Å². The quantitative estimate of drug-likeness (QED) is 0.548. The van der Waals surface area contributed by atoms with Crippen LogP contribution in [0.25, 0.3) is 6.08 Å². The standard InChI is InChI=1S/C8H8O/c1-2-7-3-5-8(9)6-4-7/h2-6,9H,1H2/p-1. The van der Waals surface area contributed by atoms with Gasteiger partial charge in [0.1, 0.15) is 0 Å². The monoisotopic (exact) mass is 119 g/mol. The molecule has 0 bridgehead atoms. The zero-order valence-electron chi connectivity index (χ0n) is 5.00. The van der Waals surface area contributed by atoms with Gasteiger partial charge in [-0.2, -0.15) is 0 Å². The molecule has 0 atom stereocenters. The minimum absolute atomic E-state index is 0.0422. The summed E-state index contributed by atoms with van der Waals surface area (Å²) in [6, 6.07) is 6.54. The second kappa shape index (κ2) is 2.35. The molecular formula is C8H7O-. The first-order chi connectivity index (χ1) is 4.33. The number of hydrogen-bond acceptors (Lipinski definition) is 1. The van der Waals surface area contributed by atoms with Crippen molar-refractivity contribution in [3.8, 4) is 5.75 Å². The van der Waals surface area contributed by atoms with Crippen LogP contribution in [0.3, 0.4) is 0 Å². The molecule has 0 N–H and O–H groups in total. The second-order valence-electron chi connectivity index (χ2n) is 1.77. The molecule has 0 aromatic heterocycles. The number of hydrogen-bond donors (Lipinski definition) is 0. The summed E-state index contributed by atoms with van der Waals surface area (Å²) >= 11 is 0. The van der Waals surface area contributed by atoms with Crippen molar-refractivity contribution in [2.24, 2.45) is 0 Å². The number of benzene rings is 1. The van der Waals surface area contributed by atoms with E-state index in [-0.39, 0.29) is 5.75 Å². The molecule has 0 aliphatic carbocycles. The van der Waals surface area contributed by atoms with Crippen LogP contribution in [0.1, 0.15) is 5.56 Å². The second-order valence-corrected chi connectivity index (χ2v) is 1.77. The summed E-state index contributed by atoms with van der Waals surface area (Å²) in [5.74, 6) is 0.0422. The maximum Gasteiger partial charge on any atom is -0.0263 e. The van der Waals surface area contributed by atoms with Crippen molar-refractivity contribution < 1.29 is 5.11 Å². The minimum Gasteiger partial charge on any atom is -0.872 e. The Balaban J connectivity index is 3.01. The van der Waals surface area contributed by atoms with Crippen molar-refractivity contribution in [2.45, 2.75) is 0 Å². The minimum atomic E-state index is 0.0422. The van der Waals surface area contributed by atoms with Gasteiger partial charge in [-0.05, 0) is 5.56 Å². The molecule has 0 unspecified atom stereocenters. The molecule has 0 heterocycles. The van der Waals surface area contributed by atoms with Crippen LogP contribution < -0.4 is 5.11 Å². The van der Waals surface area contributed by atoms with E-state index in [0.717, 1.165) is 5.56 Å². The molecule has 1 aromatic carbocycles. The van der Waals surface area contributed by atoms with Crippen molar-refractivity contribution >= 4 is 6.08 Å². The summed E-state index contributed by atoms with van der Waals surface area (Å²) in [7, 11) is 0. The van der Waals surface area contributed by atoms with Crippen molar-refractivity contribution in [3.05, 3.63) is 36.4 Å². The topological polar surface area (TPSA) is 23.1 Å². The lowest BCUT2D eigenvalue weighted by molar-refractivity contribution is -0.268. The predicted molar refractivity (Wildman–Crippen MR) is 36.0 cm³/mol. The third-order valence-corrected chi connectivity index (χ3v) is 1.12. The fourth-order valence-corrected chi connectivity index (χ4v) is 0.604. The highest BCUT2D eigenvalue weighted by atomic mass is 16.3. The maximum absolute atomic E-state index is 10.5. The molecule has 0 saturated heterocycles. The normalized spacial score (nSPS) is 8.89. The molecule has 0 aliphatic rings. The van der Waals surface area contributed by atoms with E-state index in [1.807, 2.05) is 0 Å². The lowest BCUT2D eigenvalue weighted by Crippen LogP contribution is -1.87. The molecule has 9 heavy (non-hydrogen) atoms. The average molecular weight is 119 g/mol. The van der Waals surface area contributed by atoms with E-state index in [0.29, 0.717) is 0 Å². The summed E-state index contributed by atoms with van der Waals surface area (Å²) in [5.41, 5.74) is 0.981. The lowest BCUT2D eigenvalue weighted by atomic mass is 10.2. The van der Waals surface area contributed by atoms with Crippen LogP contribution in [0, 0.1) is 0 Å². The Labute approximate surface area is 54.3 Å². The summed E-state index contributed by atoms with van der Waals surface area (Å²) < 4.78 is 0. The van der Waals surface area contributed by atoms with E-state index in [1.54, 1.807) is 18.2 Å². The molecule has 1 nitrogen and oxygen atoms in total. The smallest absolute Gasteiger partial charge is 0.0263 e. The fourth-order valence-electron chi connectivity index (χ4n) is 0.604. The number of rotatable bonds is 1. The van der Waals surface area contributed by atoms with Crippen LogP contribution in [0.2, 0.25) is 0 Å². The molecule has 1 heteroatoms. The van der Waals surface area contributed by atoms with Crippen LogP contribution in [-0.4, -0.2) is 0 Å². The van der Waals surface area contributed by atoms with E-state index in [9.17, 15) is 5.11 Å². The van der Waals surface area contributed by atoms with Gasteiger partial charge in [0.05, 0.1) is 0 Å². The highest BCUT2D eigenvalue weighted by Crippen LogP contribution is 2.06. The zero-order valence-corrected chi connectivity index (χ0v) is 5.00. The maximum atomic E-state index is 10.5. The van der Waals surface area contributed by atoms with E-state index in [2.05, 4.69) is 6.58 Å². The predicted octanol–water partition coefficient (Wildman–Crippen LogP) is 1.40. The Morgan fingerprint density at radius 3 is 2.22 bits per heavy atom. The first-order valence-corrected chi connectivity index (χ1v) is 2.72. The molecule has 0 radical (unpaired) electrons. The van der Waals surface area contributed by atoms with Crippen molar-refractivity contribution in [1.29, 1.82) is 0 Å². The van der Waals surface area contributed by atoms with Gasteiger partial charge in [0.25, 0.3) is 0 Å². The van der Waals surface area contributed by atoms with E-state index >= 15 is 0 Å². The summed E-state index contributed by atoms with van der Waals surface area (Å²) in [6.07, 6.45) is 1.71. The summed E-state index contributed by atoms with van der Waals surface area (Å²) in [6.45, 7) is 3.56. The molecular weight excluding hydrogens is 112 g/mol. The Bertz CT molecular complexity index is 198. The van der Waals surface area contributed by atoms with Gasteiger partial charge in [0.15, 0.2) is 0 Å². The summed E-state index contributed by atoms with van der Waals surface area (Å²) in [4.78, 5) is 0. The zero-order chi connectivity index (χ0) is 6.69. The van der Waals surface area contributed by atoms with Gasteiger partial charge < -0.3 is 5.11 Å². The molecule has 0 spiro atoms. The largest absolute Gasteiger partial charge is 0.872 e. The molecule has 0 amide bonds. The van der Waals surface area contributed by atoms with Gasteiger partial charge >= 0.3 is 0 Å². The van der Waals surface area contributed by atoms with Crippen LogP contribution in [0.5, 0.6) is 5.75 Å². The van der Waals surface area contributed by atoms with Crippen LogP contribution in [-0.2, 0) is 0 Å². The molecule has 1 aromatic rings. The molecule has 0 fully saturated rings. The Hall–Kier alpha value is -1.24. The van der Waals surface area contributed by atoms with E-state index in [1.165, 1.54) is 12.1 Å². The Kier molecular flexibility index (Phi) is 1.54. The third-order valence-electron chi connectivity index (χ3n) is 1.12. The third kappa shape index (κ3) is 1.32. The van der Waals surface area contributed by atoms with Crippen molar-refractivity contribution in [2.75, 3.05) is 0 Å². The highest BCUT2D eigenvalue weighted by molar-refractivity contribution is 5.47. The molecule has 46 valence electrons. The van der Waals surface area contributed by atoms with Crippen molar-refractivity contribution in [1.82, 2.24) is 0 Å². The Morgan fingerprint density at radius 1 is 1.22 bits per heavy atom. The van der Waals surface area contributed by atoms with Crippen LogP contribution in [0.15, 0.2) is 30.8 Å². The first kappa shape index (κ1) is 5.89. The first-order valence-electron chi connectivity index (χ1n) is 2.72. The molecule has 0 aliphatic heterocycles. The SMILES string of the molecule is C=Cc1ccc([O-])cc1. The van der Waals surface area contributed by atoms with Crippen molar-refractivity contribution in [3.63, 3.8) is 0 Å². The van der Waals surface area contributed by atoms with Crippen LogP contribution in [0.4, 0.5) is 0 Å². The van der Waals surface area contributed by atoms with E-state index < -0.39 is 0 Å². The molecule has 0 saturated carbocycles. The summed E-state index contributed by atoms with van der Waals surface area (Å²) in [5, 5.41) is 10.5. The molecule has 1 rings (SSSR count). The van der Waals surface area contributed by atoms with Gasteiger partial charge in [0, 0.05) is 0 Å². The Morgan fingerprint density at radius 2 is 1.78 bits per heavy atom. The van der Waals surface area contributed by atoms with Gasteiger partial charge in [-0.25, -0.2) is 0 Å². The van der Waals surface area contributed by atoms with E-state index in [4.69, 9.17) is 0 Å². The lowest BCUT2D eigenvalue weighted by Gasteiger charge is -2.02. The van der Waals surface area contributed by atoms with Gasteiger partial charge in [-0.3, -0.25) is 0 Å². The fraction of sp³-hybridized carbons (Fsp3) is 0.